The van der Waals surface area contributed by atoms with Crippen LogP contribution in [0.15, 0.2) is 30.3 Å². The molecule has 0 spiro atoms. The molecule has 2 aromatic rings. The van der Waals surface area contributed by atoms with Gasteiger partial charge in [0.2, 0.25) is 5.91 Å². The molecule has 228 valence electrons. The number of amides is 2. The molecule has 0 aliphatic carbocycles. The quantitative estimate of drug-likeness (QED) is 0.271. The minimum atomic E-state index is -0.709. The van der Waals surface area contributed by atoms with Crippen molar-refractivity contribution in [3.05, 3.63) is 51.5 Å². The molecule has 0 aromatic heterocycles. The molecule has 5 rings (SSSR count). The van der Waals surface area contributed by atoms with E-state index in [9.17, 15) is 9.59 Å². The van der Waals surface area contributed by atoms with Crippen molar-refractivity contribution in [2.75, 3.05) is 56.2 Å². The van der Waals surface area contributed by atoms with E-state index in [0.29, 0.717) is 29.5 Å². The number of nitrogens with zero attached hydrogens (tertiary/aromatic N) is 4. The number of nitrogens with one attached hydrogen (secondary N) is 1. The van der Waals surface area contributed by atoms with Gasteiger partial charge >= 0.3 is 6.09 Å². The number of unbranched alkanes of at least 4 members (excludes halogenated alkanes) is 1. The molecule has 1 N–H and O–H groups in total. The Morgan fingerprint density at radius 2 is 1.86 bits per heavy atom. The Hall–Kier alpha value is -2.72. The second-order valence-corrected chi connectivity index (χ2v) is 12.2. The van der Waals surface area contributed by atoms with Crippen molar-refractivity contribution in [1.82, 2.24) is 15.3 Å². The molecular weight excluding hydrogens is 577 g/mol. The van der Waals surface area contributed by atoms with E-state index < -0.39 is 12.3 Å². The van der Waals surface area contributed by atoms with E-state index in [4.69, 9.17) is 32.7 Å². The van der Waals surface area contributed by atoms with Crippen LogP contribution in [0.2, 0.25) is 10.0 Å². The van der Waals surface area contributed by atoms with Gasteiger partial charge in [0.25, 0.3) is 0 Å². The Balaban J connectivity index is 1.16. The van der Waals surface area contributed by atoms with E-state index in [-0.39, 0.29) is 17.9 Å². The van der Waals surface area contributed by atoms with Gasteiger partial charge in [-0.15, -0.1) is 0 Å². The molecule has 1 fully saturated rings. The number of rotatable bonds is 10. The van der Waals surface area contributed by atoms with Crippen molar-refractivity contribution in [2.24, 2.45) is 0 Å². The second kappa shape index (κ2) is 13.3. The number of benzene rings is 2. The summed E-state index contributed by atoms with van der Waals surface area (Å²) in [6.45, 7) is 11.2. The van der Waals surface area contributed by atoms with Crippen LogP contribution in [0, 0.1) is 0 Å². The van der Waals surface area contributed by atoms with E-state index in [1.165, 1.54) is 5.01 Å². The zero-order valence-electron chi connectivity index (χ0n) is 24.9. The SMILES string of the molecule is CNN(C(=O)OC1C(C)c2c(OCCCCN3CCN(c4cccc(Cl)c4Cl)CC3)ccc3c2N1C(=O)CC3)C(C)C. The predicted octanol–water partition coefficient (Wildman–Crippen LogP) is 5.68. The Bertz CT molecular complexity index is 1300. The lowest BCUT2D eigenvalue weighted by molar-refractivity contribution is -0.121. The molecule has 3 aliphatic rings. The van der Waals surface area contributed by atoms with Crippen molar-refractivity contribution in [3.63, 3.8) is 0 Å². The molecule has 2 aromatic carbocycles. The van der Waals surface area contributed by atoms with Gasteiger partial charge in [-0.2, -0.15) is 0 Å². The van der Waals surface area contributed by atoms with Crippen LogP contribution in [0.4, 0.5) is 16.2 Å². The Morgan fingerprint density at radius 1 is 1.10 bits per heavy atom. The number of aryl methyl sites for hydroxylation is 1. The highest BCUT2D eigenvalue weighted by atomic mass is 35.5. The van der Waals surface area contributed by atoms with E-state index in [1.54, 1.807) is 11.9 Å². The van der Waals surface area contributed by atoms with Gasteiger partial charge in [-0.3, -0.25) is 14.6 Å². The lowest BCUT2D eigenvalue weighted by Gasteiger charge is -2.36. The van der Waals surface area contributed by atoms with Crippen LogP contribution in [-0.4, -0.2) is 80.6 Å². The standard InChI is InChI=1S/C31H41Cl2N5O4/c1-20(2)38(34-4)31(40)42-30-21(3)27-25(12-10-22-11-13-26(39)37(30)29(22)27)41-19-6-5-14-35-15-17-36(18-16-35)24-9-7-8-23(32)28(24)33/h7-10,12,20-21,30,34H,5-6,11,13-19H2,1-4H3. The maximum Gasteiger partial charge on any atom is 0.426 e. The number of hydrazine groups is 1. The first kappa shape index (κ1) is 30.7. The largest absolute Gasteiger partial charge is 0.493 e. The summed E-state index contributed by atoms with van der Waals surface area (Å²) in [6.07, 6.45) is 1.80. The number of carbonyl (C=O) groups is 2. The number of hydrogen-bond acceptors (Lipinski definition) is 7. The fourth-order valence-electron chi connectivity index (χ4n) is 6.25. The molecule has 3 aliphatic heterocycles. The monoisotopic (exact) mass is 617 g/mol. The number of halogens is 2. The van der Waals surface area contributed by atoms with Crippen molar-refractivity contribution < 1.29 is 19.1 Å². The Morgan fingerprint density at radius 3 is 2.57 bits per heavy atom. The number of ether oxygens (including phenoxy) is 2. The van der Waals surface area contributed by atoms with Crippen LogP contribution in [0.3, 0.4) is 0 Å². The maximum absolute atomic E-state index is 13.1. The summed E-state index contributed by atoms with van der Waals surface area (Å²) in [7, 11) is 1.68. The minimum Gasteiger partial charge on any atom is -0.493 e. The maximum atomic E-state index is 13.1. The lowest BCUT2D eigenvalue weighted by Crippen LogP contribution is -2.50. The van der Waals surface area contributed by atoms with Gasteiger partial charge in [0.15, 0.2) is 6.23 Å². The molecular formula is C31H41Cl2N5O4. The van der Waals surface area contributed by atoms with Gasteiger partial charge in [0.1, 0.15) is 5.75 Å². The van der Waals surface area contributed by atoms with Gasteiger partial charge in [-0.1, -0.05) is 42.3 Å². The summed E-state index contributed by atoms with van der Waals surface area (Å²) < 4.78 is 12.3. The van der Waals surface area contributed by atoms with Gasteiger partial charge in [-0.05, 0) is 63.4 Å². The van der Waals surface area contributed by atoms with Crippen LogP contribution >= 0.6 is 23.2 Å². The average molecular weight is 619 g/mol. The summed E-state index contributed by atoms with van der Waals surface area (Å²) in [4.78, 5) is 32.5. The highest BCUT2D eigenvalue weighted by Crippen LogP contribution is 2.50. The van der Waals surface area contributed by atoms with Crippen molar-refractivity contribution in [2.45, 2.75) is 64.6 Å². The van der Waals surface area contributed by atoms with E-state index in [2.05, 4.69) is 15.2 Å². The van der Waals surface area contributed by atoms with Crippen LogP contribution in [0.1, 0.15) is 57.1 Å². The van der Waals surface area contributed by atoms with Gasteiger partial charge < -0.3 is 14.4 Å². The third-order valence-electron chi connectivity index (χ3n) is 8.46. The van der Waals surface area contributed by atoms with E-state index >= 15 is 0 Å². The molecule has 0 saturated carbocycles. The molecule has 42 heavy (non-hydrogen) atoms. The molecule has 2 atom stereocenters. The highest BCUT2D eigenvalue weighted by Gasteiger charge is 2.47. The molecule has 2 unspecified atom stereocenters. The first-order chi connectivity index (χ1) is 20.2. The second-order valence-electron chi connectivity index (χ2n) is 11.5. The fraction of sp³-hybridized carbons (Fsp3) is 0.548. The highest BCUT2D eigenvalue weighted by molar-refractivity contribution is 6.43. The Kier molecular flexibility index (Phi) is 9.72. The Labute approximate surface area is 258 Å². The normalized spacial score (nSPS) is 20.2. The lowest BCUT2D eigenvalue weighted by atomic mass is 9.95. The summed E-state index contributed by atoms with van der Waals surface area (Å²) >= 11 is 12.6. The summed E-state index contributed by atoms with van der Waals surface area (Å²) in [5, 5.41) is 2.64. The van der Waals surface area contributed by atoms with Gasteiger partial charge in [-0.25, -0.2) is 15.2 Å². The predicted molar refractivity (Wildman–Crippen MR) is 167 cm³/mol. The first-order valence-electron chi connectivity index (χ1n) is 14.9. The fourth-order valence-corrected chi connectivity index (χ4v) is 6.67. The molecule has 9 nitrogen and oxygen atoms in total. The third kappa shape index (κ3) is 6.16. The minimum absolute atomic E-state index is 0.0265. The number of piperazine rings is 1. The molecule has 2 amide bonds. The van der Waals surface area contributed by atoms with Gasteiger partial charge in [0.05, 0.1) is 28.0 Å². The zero-order chi connectivity index (χ0) is 30.0. The first-order valence-corrected chi connectivity index (χ1v) is 15.7. The zero-order valence-corrected chi connectivity index (χ0v) is 26.4. The van der Waals surface area contributed by atoms with E-state index in [1.807, 2.05) is 51.1 Å². The molecule has 0 bridgehead atoms. The summed E-state index contributed by atoms with van der Waals surface area (Å²) in [5.74, 6) is 0.526. The van der Waals surface area contributed by atoms with Crippen molar-refractivity contribution in [3.8, 4) is 5.75 Å². The van der Waals surface area contributed by atoms with Crippen LogP contribution < -0.4 is 20.0 Å². The molecule has 1 saturated heterocycles. The molecule has 11 heteroatoms. The van der Waals surface area contributed by atoms with Crippen molar-refractivity contribution >= 4 is 46.6 Å². The van der Waals surface area contributed by atoms with Crippen LogP contribution in [0.25, 0.3) is 0 Å². The molecule has 0 radical (unpaired) electrons. The third-order valence-corrected chi connectivity index (χ3v) is 9.27. The van der Waals surface area contributed by atoms with Crippen LogP contribution in [-0.2, 0) is 16.0 Å². The smallest absolute Gasteiger partial charge is 0.426 e. The summed E-state index contributed by atoms with van der Waals surface area (Å²) in [5.41, 5.74) is 6.79. The van der Waals surface area contributed by atoms with Gasteiger partial charge in [0, 0.05) is 57.2 Å². The summed E-state index contributed by atoms with van der Waals surface area (Å²) in [6, 6.07) is 9.74. The number of anilines is 2. The topological polar surface area (TPSA) is 77.6 Å². The molecule has 3 heterocycles. The average Bonchev–Trinajstić information content (AvgIpc) is 3.26. The van der Waals surface area contributed by atoms with Crippen LogP contribution in [0.5, 0.6) is 5.75 Å². The number of carbonyl (C=O) groups excluding carboxylic acids is 2. The number of hydrogen-bond donors (Lipinski definition) is 1. The van der Waals surface area contributed by atoms with E-state index in [0.717, 1.165) is 73.8 Å². The van der Waals surface area contributed by atoms with Crippen molar-refractivity contribution in [1.29, 1.82) is 0 Å².